The van der Waals surface area contributed by atoms with E-state index in [1.165, 1.54) is 12.1 Å². The van der Waals surface area contributed by atoms with Crippen LogP contribution in [0.5, 0.6) is 5.75 Å². The Morgan fingerprint density at radius 2 is 1.89 bits per heavy atom. The highest BCUT2D eigenvalue weighted by atomic mass is 35.5. The van der Waals surface area contributed by atoms with Gasteiger partial charge in [0.1, 0.15) is 17.4 Å². The normalized spacial score (nSPS) is 17.2. The molecule has 0 aliphatic carbocycles. The first kappa shape index (κ1) is 19.0. The number of carbonyl (C=O) groups excluding carboxylic acids is 1. The lowest BCUT2D eigenvalue weighted by Crippen LogP contribution is -2.36. The van der Waals surface area contributed by atoms with E-state index in [2.05, 4.69) is 5.32 Å². The molecule has 4 rings (SSSR count). The number of halogens is 3. The molecule has 0 aromatic heterocycles. The van der Waals surface area contributed by atoms with Gasteiger partial charge in [-0.15, -0.1) is 0 Å². The van der Waals surface area contributed by atoms with Crippen molar-refractivity contribution in [3.63, 3.8) is 0 Å². The van der Waals surface area contributed by atoms with Crippen LogP contribution in [0.1, 0.15) is 24.8 Å². The fourth-order valence-electron chi connectivity index (χ4n) is 3.85. The van der Waals surface area contributed by atoms with Crippen molar-refractivity contribution in [3.05, 3.63) is 52.6 Å². The van der Waals surface area contributed by atoms with Gasteiger partial charge in [-0.2, -0.15) is 0 Å². The summed E-state index contributed by atoms with van der Waals surface area (Å²) >= 11 is 5.83. The van der Waals surface area contributed by atoms with Crippen LogP contribution in [0.15, 0.2) is 30.3 Å². The average Bonchev–Trinajstić information content (AvgIpc) is 2.68. The largest absolute Gasteiger partial charge is 0.493 e. The van der Waals surface area contributed by atoms with E-state index >= 15 is 0 Å². The molecule has 2 aromatic rings. The Bertz CT molecular complexity index is 898. The number of rotatable bonds is 4. The maximum atomic E-state index is 14.1. The molecule has 4 nitrogen and oxygen atoms in total. The summed E-state index contributed by atoms with van der Waals surface area (Å²) in [6, 6.07) is 7.71. The minimum Gasteiger partial charge on any atom is -0.493 e. The van der Waals surface area contributed by atoms with E-state index in [0.717, 1.165) is 31.5 Å². The van der Waals surface area contributed by atoms with Gasteiger partial charge in [0.15, 0.2) is 0 Å². The van der Waals surface area contributed by atoms with E-state index in [1.54, 1.807) is 18.2 Å². The van der Waals surface area contributed by atoms with Crippen LogP contribution < -0.4 is 15.0 Å². The van der Waals surface area contributed by atoms with Crippen LogP contribution in [-0.4, -0.2) is 25.6 Å². The van der Waals surface area contributed by atoms with Crippen LogP contribution in [0, 0.1) is 17.6 Å². The Morgan fingerprint density at radius 3 is 2.64 bits per heavy atom. The van der Waals surface area contributed by atoms with Crippen LogP contribution in [-0.2, 0) is 11.2 Å². The van der Waals surface area contributed by atoms with Crippen LogP contribution in [0.4, 0.5) is 20.2 Å². The molecular formula is C21H21ClF2N2O2. The minimum absolute atomic E-state index is 0.176. The van der Waals surface area contributed by atoms with E-state index in [4.69, 9.17) is 16.3 Å². The summed E-state index contributed by atoms with van der Waals surface area (Å²) in [7, 11) is 0. The topological polar surface area (TPSA) is 41.6 Å². The predicted molar refractivity (Wildman–Crippen MR) is 105 cm³/mol. The van der Waals surface area contributed by atoms with Gasteiger partial charge in [0.05, 0.1) is 18.0 Å². The van der Waals surface area contributed by atoms with E-state index in [0.29, 0.717) is 41.8 Å². The van der Waals surface area contributed by atoms with Gasteiger partial charge in [-0.25, -0.2) is 8.78 Å². The summed E-state index contributed by atoms with van der Waals surface area (Å²) in [5, 5.41) is 2.99. The number of benzene rings is 2. The van der Waals surface area contributed by atoms with Crippen molar-refractivity contribution in [2.24, 2.45) is 5.92 Å². The first-order valence-corrected chi connectivity index (χ1v) is 9.83. The molecule has 2 heterocycles. The maximum absolute atomic E-state index is 14.1. The van der Waals surface area contributed by atoms with Crippen LogP contribution >= 0.6 is 11.6 Å². The zero-order valence-electron chi connectivity index (χ0n) is 15.3. The van der Waals surface area contributed by atoms with Gasteiger partial charge in [-0.05, 0) is 55.5 Å². The molecule has 148 valence electrons. The molecule has 0 spiro atoms. The van der Waals surface area contributed by atoms with E-state index in [9.17, 15) is 13.6 Å². The molecule has 0 unspecified atom stereocenters. The smallest absolute Gasteiger partial charge is 0.224 e. The van der Waals surface area contributed by atoms with Crippen molar-refractivity contribution in [1.29, 1.82) is 0 Å². The van der Waals surface area contributed by atoms with Crippen molar-refractivity contribution in [2.75, 3.05) is 29.9 Å². The van der Waals surface area contributed by atoms with Crippen molar-refractivity contribution in [2.45, 2.75) is 25.7 Å². The lowest BCUT2D eigenvalue weighted by Gasteiger charge is -2.34. The molecule has 0 saturated carbocycles. The molecule has 0 radical (unpaired) electrons. The molecule has 7 heteroatoms. The molecular weight excluding hydrogens is 386 g/mol. The number of amides is 1. The maximum Gasteiger partial charge on any atom is 0.224 e. The average molecular weight is 407 g/mol. The molecule has 1 N–H and O–H groups in total. The predicted octanol–water partition coefficient (Wildman–Crippen LogP) is 4.80. The Labute approximate surface area is 167 Å². The van der Waals surface area contributed by atoms with Crippen LogP contribution in [0.2, 0.25) is 5.02 Å². The Hall–Kier alpha value is -2.34. The SMILES string of the molecule is O=C1CCc2c(OCC3CCN(c4ccc(Cl)cc4F)CC3)ccc(F)c2N1. The Balaban J connectivity index is 1.36. The van der Waals surface area contributed by atoms with Crippen LogP contribution in [0.25, 0.3) is 0 Å². The number of nitrogens with zero attached hydrogens (tertiary/aromatic N) is 1. The molecule has 2 aromatic carbocycles. The number of piperidine rings is 1. The number of ether oxygens (including phenoxy) is 1. The zero-order valence-corrected chi connectivity index (χ0v) is 16.1. The summed E-state index contributed by atoms with van der Waals surface area (Å²) in [6.07, 6.45) is 2.56. The van der Waals surface area contributed by atoms with Crippen molar-refractivity contribution < 1.29 is 18.3 Å². The summed E-state index contributed by atoms with van der Waals surface area (Å²) in [5.41, 5.74) is 1.54. The molecule has 0 bridgehead atoms. The second kappa shape index (κ2) is 7.95. The van der Waals surface area contributed by atoms with Gasteiger partial charge in [0.2, 0.25) is 5.91 Å². The van der Waals surface area contributed by atoms with Gasteiger partial charge in [-0.3, -0.25) is 4.79 Å². The first-order valence-electron chi connectivity index (χ1n) is 9.45. The molecule has 1 amide bonds. The number of nitrogens with one attached hydrogen (secondary N) is 1. The van der Waals surface area contributed by atoms with Crippen molar-refractivity contribution >= 4 is 28.9 Å². The summed E-state index contributed by atoms with van der Waals surface area (Å²) < 4.78 is 34.1. The van der Waals surface area contributed by atoms with Gasteiger partial charge >= 0.3 is 0 Å². The highest BCUT2D eigenvalue weighted by molar-refractivity contribution is 6.30. The van der Waals surface area contributed by atoms with Crippen LogP contribution in [0.3, 0.4) is 0 Å². The zero-order chi connectivity index (χ0) is 19.7. The molecule has 1 saturated heterocycles. The summed E-state index contributed by atoms with van der Waals surface area (Å²) in [6.45, 7) is 2.00. The number of hydrogen-bond acceptors (Lipinski definition) is 3. The van der Waals surface area contributed by atoms with E-state index in [1.807, 2.05) is 4.90 Å². The van der Waals surface area contributed by atoms with E-state index < -0.39 is 5.82 Å². The minimum atomic E-state index is -0.436. The lowest BCUT2D eigenvalue weighted by atomic mass is 9.97. The molecule has 1 fully saturated rings. The number of carbonyl (C=O) groups is 1. The first-order chi connectivity index (χ1) is 13.5. The third-order valence-electron chi connectivity index (χ3n) is 5.43. The van der Waals surface area contributed by atoms with E-state index in [-0.39, 0.29) is 17.4 Å². The summed E-state index contributed by atoms with van der Waals surface area (Å²) in [5.74, 6) is 0.0503. The molecule has 0 atom stereocenters. The third kappa shape index (κ3) is 3.92. The Morgan fingerprint density at radius 1 is 1.11 bits per heavy atom. The Kier molecular flexibility index (Phi) is 5.40. The standard InChI is InChI=1S/C21H21ClF2N2O2/c22-14-1-4-18(17(24)11-14)26-9-7-13(8-10-26)12-28-19-5-3-16(23)21-15(19)2-6-20(27)25-21/h1,3-5,11,13H,2,6-10,12H2,(H,25,27). The number of anilines is 2. The molecule has 2 aliphatic heterocycles. The van der Waals surface area contributed by atoms with Crippen molar-refractivity contribution in [3.8, 4) is 5.75 Å². The van der Waals surface area contributed by atoms with Gasteiger partial charge in [0, 0.05) is 30.1 Å². The molecule has 28 heavy (non-hydrogen) atoms. The number of hydrogen-bond donors (Lipinski definition) is 1. The monoisotopic (exact) mass is 406 g/mol. The highest BCUT2D eigenvalue weighted by Gasteiger charge is 2.25. The number of fused-ring (bicyclic) bond motifs is 1. The second-order valence-corrected chi connectivity index (χ2v) is 7.72. The quantitative estimate of drug-likeness (QED) is 0.793. The fourth-order valence-corrected chi connectivity index (χ4v) is 4.00. The fraction of sp³-hybridized carbons (Fsp3) is 0.381. The second-order valence-electron chi connectivity index (χ2n) is 7.28. The van der Waals surface area contributed by atoms with Gasteiger partial charge < -0.3 is 15.0 Å². The molecule has 2 aliphatic rings. The highest BCUT2D eigenvalue weighted by Crippen LogP contribution is 2.34. The lowest BCUT2D eigenvalue weighted by molar-refractivity contribution is -0.116. The van der Waals surface area contributed by atoms with Gasteiger partial charge in [0.25, 0.3) is 0 Å². The third-order valence-corrected chi connectivity index (χ3v) is 5.66. The van der Waals surface area contributed by atoms with Crippen molar-refractivity contribution in [1.82, 2.24) is 0 Å². The summed E-state index contributed by atoms with van der Waals surface area (Å²) in [4.78, 5) is 13.6. The van der Waals surface area contributed by atoms with Gasteiger partial charge in [-0.1, -0.05) is 11.6 Å².